The minimum absolute atomic E-state index is 0.113. The van der Waals surface area contributed by atoms with Crippen molar-refractivity contribution in [3.05, 3.63) is 64.2 Å². The summed E-state index contributed by atoms with van der Waals surface area (Å²) in [5, 5.41) is 14.7. The molecule has 2 aromatic heterocycles. The van der Waals surface area contributed by atoms with Gasteiger partial charge in [0, 0.05) is 16.1 Å². The van der Waals surface area contributed by atoms with Crippen molar-refractivity contribution in [2.24, 2.45) is 0 Å². The molecule has 0 aliphatic heterocycles. The summed E-state index contributed by atoms with van der Waals surface area (Å²) < 4.78 is 27.6. The molecule has 3 aromatic rings. The van der Waals surface area contributed by atoms with Gasteiger partial charge in [0.2, 0.25) is 5.91 Å². The number of rotatable bonds is 5. The van der Waals surface area contributed by atoms with Gasteiger partial charge in [-0.2, -0.15) is 5.26 Å². The molecule has 0 fully saturated rings. The number of nitrogens with one attached hydrogen (secondary N) is 1. The van der Waals surface area contributed by atoms with Crippen molar-refractivity contribution in [3.63, 3.8) is 0 Å². The number of fused-ring (bicyclic) bond motifs is 1. The van der Waals surface area contributed by atoms with Crippen LogP contribution >= 0.6 is 23.1 Å². The van der Waals surface area contributed by atoms with Crippen LogP contribution in [0.2, 0.25) is 0 Å². The Hall–Kier alpha value is -2.76. The van der Waals surface area contributed by atoms with Crippen molar-refractivity contribution in [3.8, 4) is 16.5 Å². The first-order valence-electron chi connectivity index (χ1n) is 9.95. The first-order valence-corrected chi connectivity index (χ1v) is 11.8. The van der Waals surface area contributed by atoms with Crippen LogP contribution in [0.4, 0.5) is 14.5 Å². The van der Waals surface area contributed by atoms with E-state index in [1.54, 1.807) is 11.3 Å². The molecule has 31 heavy (non-hydrogen) atoms. The lowest BCUT2D eigenvalue weighted by molar-refractivity contribution is -0.113. The zero-order valence-corrected chi connectivity index (χ0v) is 18.2. The summed E-state index contributed by atoms with van der Waals surface area (Å²) >= 11 is 2.69. The first kappa shape index (κ1) is 21.5. The predicted molar refractivity (Wildman–Crippen MR) is 119 cm³/mol. The Kier molecular flexibility index (Phi) is 6.64. The maximum atomic E-state index is 13.8. The molecule has 1 amide bonds. The van der Waals surface area contributed by atoms with E-state index >= 15 is 0 Å². The molecular formula is C23H19F2N3OS2. The number of halogens is 2. The first-order chi connectivity index (χ1) is 15.1. The minimum Gasteiger partial charge on any atom is -0.320 e. The fourth-order valence-corrected chi connectivity index (χ4v) is 5.33. The van der Waals surface area contributed by atoms with Crippen molar-refractivity contribution in [1.82, 2.24) is 4.98 Å². The Morgan fingerprint density at radius 1 is 1.16 bits per heavy atom. The number of carbonyl (C=O) groups excluding carboxylic acids is 1. The molecule has 1 aromatic carbocycles. The van der Waals surface area contributed by atoms with E-state index in [0.29, 0.717) is 10.6 Å². The second kappa shape index (κ2) is 9.58. The molecular weight excluding hydrogens is 436 g/mol. The zero-order valence-electron chi connectivity index (χ0n) is 16.6. The molecule has 1 N–H and O–H groups in total. The van der Waals surface area contributed by atoms with Crippen LogP contribution < -0.4 is 5.32 Å². The summed E-state index contributed by atoms with van der Waals surface area (Å²) in [6.45, 7) is 0. The summed E-state index contributed by atoms with van der Waals surface area (Å²) in [6.07, 6.45) is 4.91. The lowest BCUT2D eigenvalue weighted by atomic mass is 9.97. The van der Waals surface area contributed by atoms with E-state index in [-0.39, 0.29) is 5.75 Å². The van der Waals surface area contributed by atoms with Gasteiger partial charge in [-0.1, -0.05) is 30.3 Å². The number of nitriles is 1. The number of pyridine rings is 1. The average Bonchev–Trinajstić information content (AvgIpc) is 3.19. The number of nitrogens with zero attached hydrogens (tertiary/aromatic N) is 2. The number of para-hydroxylation sites is 1. The number of anilines is 1. The lowest BCUT2D eigenvalue weighted by Gasteiger charge is -2.16. The van der Waals surface area contributed by atoms with Gasteiger partial charge in [-0.05, 0) is 54.8 Å². The van der Waals surface area contributed by atoms with Crippen molar-refractivity contribution in [2.45, 2.75) is 37.1 Å². The van der Waals surface area contributed by atoms with Crippen LogP contribution in [0, 0.1) is 23.0 Å². The second-order valence-electron chi connectivity index (χ2n) is 7.18. The van der Waals surface area contributed by atoms with Gasteiger partial charge in [-0.3, -0.25) is 4.79 Å². The highest BCUT2D eigenvalue weighted by Gasteiger charge is 2.23. The Balaban J connectivity index is 1.64. The van der Waals surface area contributed by atoms with E-state index in [0.717, 1.165) is 77.7 Å². The van der Waals surface area contributed by atoms with E-state index in [9.17, 15) is 18.8 Å². The third-order valence-corrected chi connectivity index (χ3v) is 7.00. The number of carbonyl (C=O) groups is 1. The smallest absolute Gasteiger partial charge is 0.234 e. The number of thioether (sulfide) groups is 1. The SMILES string of the molecule is N#Cc1c(SCC(=O)Nc2c(F)cccc2F)nc2c(c1-c1cccs1)CCCCC2. The van der Waals surface area contributed by atoms with Crippen LogP contribution in [0.15, 0.2) is 40.7 Å². The van der Waals surface area contributed by atoms with E-state index in [1.807, 2.05) is 17.5 Å². The lowest BCUT2D eigenvalue weighted by Crippen LogP contribution is -2.16. The van der Waals surface area contributed by atoms with Crippen LogP contribution in [0.25, 0.3) is 10.4 Å². The van der Waals surface area contributed by atoms with Gasteiger partial charge in [0.15, 0.2) is 0 Å². The van der Waals surface area contributed by atoms with Crippen LogP contribution in [-0.4, -0.2) is 16.6 Å². The van der Waals surface area contributed by atoms with Gasteiger partial charge < -0.3 is 5.32 Å². The Morgan fingerprint density at radius 2 is 1.94 bits per heavy atom. The van der Waals surface area contributed by atoms with Gasteiger partial charge in [-0.15, -0.1) is 11.3 Å². The van der Waals surface area contributed by atoms with E-state index < -0.39 is 23.2 Å². The third-order valence-electron chi connectivity index (χ3n) is 5.14. The maximum Gasteiger partial charge on any atom is 0.234 e. The number of amides is 1. The Labute approximate surface area is 187 Å². The van der Waals surface area contributed by atoms with Gasteiger partial charge >= 0.3 is 0 Å². The quantitative estimate of drug-likeness (QED) is 0.381. The number of hydrogen-bond donors (Lipinski definition) is 1. The van der Waals surface area contributed by atoms with Gasteiger partial charge in [0.25, 0.3) is 0 Å². The highest BCUT2D eigenvalue weighted by Crippen LogP contribution is 2.39. The Bertz CT molecular complexity index is 1140. The highest BCUT2D eigenvalue weighted by atomic mass is 32.2. The zero-order chi connectivity index (χ0) is 21.8. The Morgan fingerprint density at radius 3 is 2.65 bits per heavy atom. The molecule has 0 spiro atoms. The van der Waals surface area contributed by atoms with Crippen molar-refractivity contribution in [2.75, 3.05) is 11.1 Å². The maximum absolute atomic E-state index is 13.8. The van der Waals surface area contributed by atoms with Gasteiger partial charge in [0.1, 0.15) is 28.4 Å². The topological polar surface area (TPSA) is 65.8 Å². The van der Waals surface area contributed by atoms with Crippen LogP contribution in [0.3, 0.4) is 0 Å². The molecule has 0 saturated carbocycles. The van der Waals surface area contributed by atoms with Crippen molar-refractivity contribution < 1.29 is 13.6 Å². The monoisotopic (exact) mass is 455 g/mol. The fraction of sp³-hybridized carbons (Fsp3) is 0.261. The molecule has 1 aliphatic rings. The van der Waals surface area contributed by atoms with E-state index in [1.165, 1.54) is 6.07 Å². The van der Waals surface area contributed by atoms with E-state index in [2.05, 4.69) is 11.4 Å². The molecule has 4 rings (SSSR count). The number of benzene rings is 1. The molecule has 8 heteroatoms. The number of hydrogen-bond acceptors (Lipinski definition) is 5. The van der Waals surface area contributed by atoms with Crippen molar-refractivity contribution in [1.29, 1.82) is 5.26 Å². The molecule has 158 valence electrons. The molecule has 0 saturated heterocycles. The highest BCUT2D eigenvalue weighted by molar-refractivity contribution is 8.00. The van der Waals surface area contributed by atoms with Crippen molar-refractivity contribution >= 4 is 34.7 Å². The predicted octanol–water partition coefficient (Wildman–Crippen LogP) is 5.96. The molecule has 4 nitrogen and oxygen atoms in total. The third kappa shape index (κ3) is 4.63. The minimum atomic E-state index is -0.834. The van der Waals surface area contributed by atoms with Crippen LogP contribution in [-0.2, 0) is 17.6 Å². The van der Waals surface area contributed by atoms with Gasteiger partial charge in [-0.25, -0.2) is 13.8 Å². The number of aryl methyl sites for hydroxylation is 1. The molecule has 0 unspecified atom stereocenters. The number of aromatic nitrogens is 1. The van der Waals surface area contributed by atoms with Crippen LogP contribution in [0.1, 0.15) is 36.1 Å². The second-order valence-corrected chi connectivity index (χ2v) is 9.09. The molecule has 2 heterocycles. The summed E-state index contributed by atoms with van der Waals surface area (Å²) in [6, 6.07) is 9.64. The van der Waals surface area contributed by atoms with E-state index in [4.69, 9.17) is 4.98 Å². The number of thiophene rings is 1. The van der Waals surface area contributed by atoms with Gasteiger partial charge in [0.05, 0.1) is 11.3 Å². The summed E-state index contributed by atoms with van der Waals surface area (Å²) in [5.41, 5.74) is 3.00. The molecule has 1 aliphatic carbocycles. The molecule has 0 atom stereocenters. The summed E-state index contributed by atoms with van der Waals surface area (Å²) in [4.78, 5) is 18.1. The largest absolute Gasteiger partial charge is 0.320 e. The molecule has 0 radical (unpaired) electrons. The summed E-state index contributed by atoms with van der Waals surface area (Å²) in [7, 11) is 0. The average molecular weight is 456 g/mol. The normalized spacial score (nSPS) is 13.2. The summed E-state index contributed by atoms with van der Waals surface area (Å²) in [5.74, 6) is -2.34. The fourth-order valence-electron chi connectivity index (χ4n) is 3.72. The van der Waals surface area contributed by atoms with Crippen LogP contribution in [0.5, 0.6) is 0 Å². The molecule has 0 bridgehead atoms. The standard InChI is InChI=1S/C23H19F2N3OS2/c24-16-7-4-8-17(25)22(16)28-20(29)13-31-23-15(12-26)21(19-10-5-11-30-19)14-6-2-1-3-9-18(14)27-23/h4-5,7-8,10-11H,1-3,6,9,13H2,(H,28,29).